The van der Waals surface area contributed by atoms with Gasteiger partial charge in [-0.1, -0.05) is 12.1 Å². The fourth-order valence-electron chi connectivity index (χ4n) is 3.19. The van der Waals surface area contributed by atoms with Gasteiger partial charge in [-0.05, 0) is 45.4 Å². The average Bonchev–Trinajstić information content (AvgIpc) is 2.39. The second-order valence-corrected chi connectivity index (χ2v) is 6.37. The molecule has 1 aliphatic rings. The summed E-state index contributed by atoms with van der Waals surface area (Å²) in [5.41, 5.74) is 7.17. The molecule has 2 atom stereocenters. The SMILES string of the molecule is CCOc1ccc(C(CN)N2CC(C)OC(C)(C)C2)cc1. The third-order valence-corrected chi connectivity index (χ3v) is 3.84. The minimum atomic E-state index is -0.129. The van der Waals surface area contributed by atoms with E-state index in [1.54, 1.807) is 0 Å². The summed E-state index contributed by atoms with van der Waals surface area (Å²) in [6.45, 7) is 11.5. The molecule has 4 heteroatoms. The largest absolute Gasteiger partial charge is 0.494 e. The number of nitrogens with zero attached hydrogens (tertiary/aromatic N) is 1. The van der Waals surface area contributed by atoms with Crippen LogP contribution in [0.4, 0.5) is 0 Å². The molecule has 0 aromatic heterocycles. The van der Waals surface area contributed by atoms with Crippen LogP contribution >= 0.6 is 0 Å². The fraction of sp³-hybridized carbons (Fsp3) is 0.647. The van der Waals surface area contributed by atoms with E-state index in [0.29, 0.717) is 13.2 Å². The van der Waals surface area contributed by atoms with Gasteiger partial charge in [0.1, 0.15) is 5.75 Å². The van der Waals surface area contributed by atoms with E-state index >= 15 is 0 Å². The molecule has 1 saturated heterocycles. The first-order valence-electron chi connectivity index (χ1n) is 7.80. The van der Waals surface area contributed by atoms with Crippen LogP contribution in [0.5, 0.6) is 5.75 Å². The highest BCUT2D eigenvalue weighted by Gasteiger charge is 2.34. The molecule has 0 bridgehead atoms. The number of nitrogens with two attached hydrogens (primary N) is 1. The maximum absolute atomic E-state index is 6.05. The summed E-state index contributed by atoms with van der Waals surface area (Å²) < 4.78 is 11.5. The first kappa shape index (κ1) is 16.3. The minimum absolute atomic E-state index is 0.129. The van der Waals surface area contributed by atoms with Crippen LogP contribution in [-0.4, -0.2) is 42.8 Å². The molecule has 0 saturated carbocycles. The van der Waals surface area contributed by atoms with Gasteiger partial charge >= 0.3 is 0 Å². The van der Waals surface area contributed by atoms with Crippen molar-refractivity contribution in [2.45, 2.75) is 45.4 Å². The summed E-state index contributed by atoms with van der Waals surface area (Å²) in [4.78, 5) is 2.43. The van der Waals surface area contributed by atoms with Crippen molar-refractivity contribution in [2.75, 3.05) is 26.2 Å². The summed E-state index contributed by atoms with van der Waals surface area (Å²) in [6, 6.07) is 8.52. The highest BCUT2D eigenvalue weighted by atomic mass is 16.5. The maximum Gasteiger partial charge on any atom is 0.119 e. The molecule has 21 heavy (non-hydrogen) atoms. The first-order chi connectivity index (χ1) is 9.95. The lowest BCUT2D eigenvalue weighted by Gasteiger charge is -2.45. The fourth-order valence-corrected chi connectivity index (χ4v) is 3.19. The smallest absolute Gasteiger partial charge is 0.119 e. The van der Waals surface area contributed by atoms with Crippen LogP contribution in [-0.2, 0) is 4.74 Å². The van der Waals surface area contributed by atoms with E-state index in [1.807, 2.05) is 19.1 Å². The highest BCUT2D eigenvalue weighted by Crippen LogP contribution is 2.29. The van der Waals surface area contributed by atoms with Crippen molar-refractivity contribution < 1.29 is 9.47 Å². The van der Waals surface area contributed by atoms with Crippen LogP contribution in [0.15, 0.2) is 24.3 Å². The van der Waals surface area contributed by atoms with E-state index in [0.717, 1.165) is 18.8 Å². The molecular weight excluding hydrogens is 264 g/mol. The average molecular weight is 292 g/mol. The van der Waals surface area contributed by atoms with Crippen LogP contribution in [0, 0.1) is 0 Å². The standard InChI is InChI=1S/C17H28N2O2/c1-5-20-15-8-6-14(7-9-15)16(10-18)19-11-13(2)21-17(3,4)12-19/h6-9,13,16H,5,10-12,18H2,1-4H3. The lowest BCUT2D eigenvalue weighted by Crippen LogP contribution is -2.53. The second kappa shape index (κ2) is 6.77. The van der Waals surface area contributed by atoms with Gasteiger partial charge in [0.25, 0.3) is 0 Å². The van der Waals surface area contributed by atoms with Crippen molar-refractivity contribution in [3.8, 4) is 5.75 Å². The van der Waals surface area contributed by atoms with Crippen molar-refractivity contribution in [3.63, 3.8) is 0 Å². The number of rotatable bonds is 5. The Labute approximate surface area is 128 Å². The lowest BCUT2D eigenvalue weighted by atomic mass is 9.99. The van der Waals surface area contributed by atoms with E-state index in [9.17, 15) is 0 Å². The second-order valence-electron chi connectivity index (χ2n) is 6.37. The predicted molar refractivity (Wildman–Crippen MR) is 85.6 cm³/mol. The Morgan fingerprint density at radius 2 is 2.05 bits per heavy atom. The molecule has 1 fully saturated rings. The molecule has 0 aliphatic carbocycles. The molecule has 0 spiro atoms. The summed E-state index contributed by atoms with van der Waals surface area (Å²) in [6.07, 6.45) is 0.227. The van der Waals surface area contributed by atoms with E-state index < -0.39 is 0 Å². The van der Waals surface area contributed by atoms with Gasteiger partial charge in [-0.15, -0.1) is 0 Å². The van der Waals surface area contributed by atoms with Crippen LogP contribution < -0.4 is 10.5 Å². The molecule has 2 rings (SSSR count). The normalized spacial score (nSPS) is 23.8. The Balaban J connectivity index is 2.14. The Morgan fingerprint density at radius 3 is 2.57 bits per heavy atom. The monoisotopic (exact) mass is 292 g/mol. The lowest BCUT2D eigenvalue weighted by molar-refractivity contribution is -0.137. The zero-order chi connectivity index (χ0) is 15.5. The first-order valence-corrected chi connectivity index (χ1v) is 7.80. The summed E-state index contributed by atoms with van der Waals surface area (Å²) >= 11 is 0. The number of ether oxygens (including phenoxy) is 2. The maximum atomic E-state index is 6.05. The van der Waals surface area contributed by atoms with Crippen molar-refractivity contribution in [3.05, 3.63) is 29.8 Å². The van der Waals surface area contributed by atoms with Gasteiger partial charge in [0.05, 0.1) is 18.3 Å². The van der Waals surface area contributed by atoms with Crippen LogP contribution in [0.25, 0.3) is 0 Å². The molecule has 118 valence electrons. The van der Waals surface area contributed by atoms with E-state index in [4.69, 9.17) is 15.2 Å². The van der Waals surface area contributed by atoms with E-state index in [-0.39, 0.29) is 17.7 Å². The quantitative estimate of drug-likeness (QED) is 0.906. The molecular formula is C17H28N2O2. The van der Waals surface area contributed by atoms with Crippen LogP contribution in [0.2, 0.25) is 0 Å². The summed E-state index contributed by atoms with van der Waals surface area (Å²) in [7, 11) is 0. The van der Waals surface area contributed by atoms with Gasteiger partial charge < -0.3 is 15.2 Å². The molecule has 0 amide bonds. The molecule has 2 N–H and O–H groups in total. The number of morpholine rings is 1. The summed E-state index contributed by atoms with van der Waals surface area (Å²) in [5, 5.41) is 0. The molecule has 1 heterocycles. The Bertz CT molecular complexity index is 445. The number of hydrogen-bond donors (Lipinski definition) is 1. The number of benzene rings is 1. The van der Waals surface area contributed by atoms with Crippen molar-refractivity contribution >= 4 is 0 Å². The molecule has 1 aromatic rings. The van der Waals surface area contributed by atoms with Gasteiger partial charge in [0.2, 0.25) is 0 Å². The van der Waals surface area contributed by atoms with Gasteiger partial charge in [0.15, 0.2) is 0 Å². The van der Waals surface area contributed by atoms with E-state index in [1.165, 1.54) is 5.56 Å². The number of hydrogen-bond acceptors (Lipinski definition) is 4. The summed E-state index contributed by atoms with van der Waals surface area (Å²) in [5.74, 6) is 0.910. The van der Waals surface area contributed by atoms with E-state index in [2.05, 4.69) is 37.8 Å². The van der Waals surface area contributed by atoms with Gasteiger partial charge in [-0.3, -0.25) is 4.90 Å². The molecule has 2 unspecified atom stereocenters. The van der Waals surface area contributed by atoms with Gasteiger partial charge in [-0.2, -0.15) is 0 Å². The Kier molecular flexibility index (Phi) is 5.25. The Morgan fingerprint density at radius 1 is 1.38 bits per heavy atom. The van der Waals surface area contributed by atoms with Crippen molar-refractivity contribution in [1.29, 1.82) is 0 Å². The zero-order valence-electron chi connectivity index (χ0n) is 13.6. The molecule has 1 aromatic carbocycles. The topological polar surface area (TPSA) is 47.7 Å². The minimum Gasteiger partial charge on any atom is -0.494 e. The third kappa shape index (κ3) is 4.19. The molecule has 0 radical (unpaired) electrons. The van der Waals surface area contributed by atoms with Gasteiger partial charge in [-0.25, -0.2) is 0 Å². The zero-order valence-corrected chi connectivity index (χ0v) is 13.6. The highest BCUT2D eigenvalue weighted by molar-refractivity contribution is 5.29. The third-order valence-electron chi connectivity index (χ3n) is 3.84. The van der Waals surface area contributed by atoms with Crippen LogP contribution in [0.3, 0.4) is 0 Å². The molecule has 4 nitrogen and oxygen atoms in total. The van der Waals surface area contributed by atoms with Crippen LogP contribution in [0.1, 0.15) is 39.3 Å². The van der Waals surface area contributed by atoms with Crippen molar-refractivity contribution in [2.24, 2.45) is 5.73 Å². The van der Waals surface area contributed by atoms with Crippen molar-refractivity contribution in [1.82, 2.24) is 4.90 Å². The van der Waals surface area contributed by atoms with Gasteiger partial charge in [0, 0.05) is 25.7 Å². The molecule has 1 aliphatic heterocycles. The predicted octanol–water partition coefficient (Wildman–Crippen LogP) is 2.58. The Hall–Kier alpha value is -1.10.